The molecule has 0 aliphatic rings. The molecule has 0 aliphatic carbocycles. The van der Waals surface area contributed by atoms with Crippen LogP contribution in [0.5, 0.6) is 0 Å². The third kappa shape index (κ3) is 4.37. The lowest BCUT2D eigenvalue weighted by Crippen LogP contribution is -1.95. The highest BCUT2D eigenvalue weighted by Gasteiger charge is 2.07. The summed E-state index contributed by atoms with van der Waals surface area (Å²) in [7, 11) is 2.00. The van der Waals surface area contributed by atoms with Gasteiger partial charge in [-0.2, -0.15) is 5.10 Å². The first-order valence-electron chi connectivity index (χ1n) is 7.30. The van der Waals surface area contributed by atoms with Gasteiger partial charge in [0.2, 0.25) is 0 Å². The lowest BCUT2D eigenvalue weighted by Gasteiger charge is -2.01. The Kier molecular flexibility index (Phi) is 6.23. The molecule has 20 heavy (non-hydrogen) atoms. The van der Waals surface area contributed by atoms with Gasteiger partial charge in [0.1, 0.15) is 0 Å². The van der Waals surface area contributed by atoms with Crippen molar-refractivity contribution >= 4 is 0 Å². The summed E-state index contributed by atoms with van der Waals surface area (Å²) in [5.41, 5.74) is 6.01. The Morgan fingerprint density at radius 2 is 1.80 bits per heavy atom. The predicted octanol–water partition coefficient (Wildman–Crippen LogP) is 4.93. The average molecular weight is 270 g/mol. The van der Waals surface area contributed by atoms with E-state index in [2.05, 4.69) is 55.9 Å². The summed E-state index contributed by atoms with van der Waals surface area (Å²) in [4.78, 5) is 0. The third-order valence-corrected chi connectivity index (χ3v) is 3.09. The zero-order valence-electron chi connectivity index (χ0n) is 13.4. The van der Waals surface area contributed by atoms with E-state index >= 15 is 0 Å². The van der Waals surface area contributed by atoms with Gasteiger partial charge in [-0.15, -0.1) is 6.58 Å². The summed E-state index contributed by atoms with van der Waals surface area (Å²) in [5, 5.41) is 4.56. The normalized spacial score (nSPS) is 9.85. The van der Waals surface area contributed by atoms with E-state index < -0.39 is 0 Å². The molecule has 0 N–H and O–H groups in total. The van der Waals surface area contributed by atoms with E-state index in [4.69, 9.17) is 0 Å². The van der Waals surface area contributed by atoms with Crippen LogP contribution in [0.2, 0.25) is 0 Å². The molecule has 0 unspecified atom stereocenters. The first kappa shape index (κ1) is 16.2. The first-order chi connectivity index (χ1) is 9.56. The fourth-order valence-corrected chi connectivity index (χ4v) is 1.98. The molecule has 1 heterocycles. The van der Waals surface area contributed by atoms with Crippen LogP contribution in [0.4, 0.5) is 0 Å². The van der Waals surface area contributed by atoms with E-state index in [-0.39, 0.29) is 0 Å². The van der Waals surface area contributed by atoms with E-state index in [0.717, 1.165) is 18.5 Å². The van der Waals surface area contributed by atoms with Crippen molar-refractivity contribution in [1.82, 2.24) is 9.78 Å². The molecule has 1 aromatic carbocycles. The molecule has 1 aromatic heterocycles. The van der Waals surface area contributed by atoms with Crippen LogP contribution < -0.4 is 0 Å². The molecule has 0 spiro atoms. The van der Waals surface area contributed by atoms with Crippen LogP contribution in [-0.4, -0.2) is 9.78 Å². The van der Waals surface area contributed by atoms with E-state index in [9.17, 15) is 0 Å². The van der Waals surface area contributed by atoms with Crippen molar-refractivity contribution in [1.29, 1.82) is 0 Å². The van der Waals surface area contributed by atoms with Gasteiger partial charge in [0.05, 0.1) is 11.4 Å². The zero-order valence-corrected chi connectivity index (χ0v) is 13.4. The van der Waals surface area contributed by atoms with Crippen LogP contribution in [0.1, 0.15) is 38.4 Å². The highest BCUT2D eigenvalue weighted by atomic mass is 15.3. The van der Waals surface area contributed by atoms with Crippen LogP contribution >= 0.6 is 0 Å². The summed E-state index contributed by atoms with van der Waals surface area (Å²) in [6.07, 6.45) is 1.97. The van der Waals surface area contributed by atoms with Gasteiger partial charge >= 0.3 is 0 Å². The monoisotopic (exact) mass is 270 g/mol. The highest BCUT2D eigenvalue weighted by molar-refractivity contribution is 5.60. The van der Waals surface area contributed by atoms with E-state index in [1.165, 1.54) is 22.4 Å². The molecule has 0 fully saturated rings. The number of allylic oxidation sites excluding steroid dienone is 1. The summed E-state index contributed by atoms with van der Waals surface area (Å²) >= 11 is 0. The van der Waals surface area contributed by atoms with E-state index in [1.54, 1.807) is 0 Å². The lowest BCUT2D eigenvalue weighted by molar-refractivity contribution is 0.742. The van der Waals surface area contributed by atoms with Crippen molar-refractivity contribution in [2.24, 2.45) is 7.05 Å². The maximum atomic E-state index is 4.56. The molecule has 108 valence electrons. The standard InChI is InChI=1S/C16H20N2.C2H6/c1-12(2)5-10-15-11-16(18(4)17-15)14-8-6-13(3)7-9-14;1-2/h6-9,11H,1,5,10H2,2-4H3;1-2H3. The number of hydrogen-bond donors (Lipinski definition) is 0. The molecular weight excluding hydrogens is 244 g/mol. The largest absolute Gasteiger partial charge is 0.268 e. The molecule has 0 atom stereocenters. The Labute approximate surface area is 123 Å². The van der Waals surface area contributed by atoms with Crippen molar-refractivity contribution < 1.29 is 0 Å². The molecule has 2 aromatic rings. The maximum absolute atomic E-state index is 4.56. The molecule has 0 saturated carbocycles. The topological polar surface area (TPSA) is 17.8 Å². The molecule has 0 aliphatic heterocycles. The van der Waals surface area contributed by atoms with Crippen molar-refractivity contribution in [3.63, 3.8) is 0 Å². The Hall–Kier alpha value is -1.83. The second-order valence-corrected chi connectivity index (χ2v) is 4.97. The van der Waals surface area contributed by atoms with Gasteiger partial charge in [-0.1, -0.05) is 49.2 Å². The molecule has 0 saturated heterocycles. The highest BCUT2D eigenvalue weighted by Crippen LogP contribution is 2.21. The fourth-order valence-electron chi connectivity index (χ4n) is 1.98. The minimum Gasteiger partial charge on any atom is -0.268 e. The molecule has 2 rings (SSSR count). The Bertz CT molecular complexity index is 547. The van der Waals surface area contributed by atoms with Gasteiger partial charge in [-0.25, -0.2) is 0 Å². The van der Waals surface area contributed by atoms with Crippen LogP contribution in [0.25, 0.3) is 11.3 Å². The lowest BCUT2D eigenvalue weighted by atomic mass is 10.1. The molecule has 2 heteroatoms. The minimum atomic E-state index is 0.967. The average Bonchev–Trinajstić information content (AvgIpc) is 2.81. The molecule has 0 radical (unpaired) electrons. The second kappa shape index (κ2) is 7.68. The van der Waals surface area contributed by atoms with Gasteiger partial charge in [0.25, 0.3) is 0 Å². The van der Waals surface area contributed by atoms with Crippen LogP contribution in [-0.2, 0) is 13.5 Å². The van der Waals surface area contributed by atoms with Gasteiger partial charge in [0, 0.05) is 7.05 Å². The van der Waals surface area contributed by atoms with Crippen molar-refractivity contribution in [2.45, 2.75) is 40.5 Å². The summed E-state index contributed by atoms with van der Waals surface area (Å²) in [6, 6.07) is 10.7. The fraction of sp³-hybridized carbons (Fsp3) is 0.389. The minimum absolute atomic E-state index is 0.967. The van der Waals surface area contributed by atoms with Crippen molar-refractivity contribution in [3.8, 4) is 11.3 Å². The number of hydrogen-bond acceptors (Lipinski definition) is 1. The molecule has 0 bridgehead atoms. The Morgan fingerprint density at radius 1 is 1.20 bits per heavy atom. The van der Waals surface area contributed by atoms with Gasteiger partial charge in [-0.05, 0) is 38.3 Å². The molecule has 0 amide bonds. The summed E-state index contributed by atoms with van der Waals surface area (Å²) in [5.74, 6) is 0. The SMILES string of the molecule is C=C(C)CCc1cc(-c2ccc(C)cc2)n(C)n1.CC. The second-order valence-electron chi connectivity index (χ2n) is 4.97. The van der Waals surface area contributed by atoms with Crippen molar-refractivity contribution in [3.05, 3.63) is 53.7 Å². The molecular formula is C18H26N2. The van der Waals surface area contributed by atoms with Gasteiger partial charge < -0.3 is 0 Å². The molecule has 2 nitrogen and oxygen atoms in total. The summed E-state index contributed by atoms with van der Waals surface area (Å²) in [6.45, 7) is 12.1. The predicted molar refractivity (Wildman–Crippen MR) is 87.9 cm³/mol. The Morgan fingerprint density at radius 3 is 2.35 bits per heavy atom. The van der Waals surface area contributed by atoms with Crippen LogP contribution in [0.15, 0.2) is 42.5 Å². The number of benzene rings is 1. The number of aryl methyl sites for hydroxylation is 3. The van der Waals surface area contributed by atoms with E-state index in [1.807, 2.05) is 25.6 Å². The van der Waals surface area contributed by atoms with Gasteiger partial charge in [0.15, 0.2) is 0 Å². The number of aromatic nitrogens is 2. The quantitative estimate of drug-likeness (QED) is 0.720. The number of rotatable bonds is 4. The third-order valence-electron chi connectivity index (χ3n) is 3.09. The first-order valence-corrected chi connectivity index (χ1v) is 7.30. The van der Waals surface area contributed by atoms with Crippen molar-refractivity contribution in [2.75, 3.05) is 0 Å². The Balaban J connectivity index is 0.000000956. The van der Waals surface area contributed by atoms with Crippen LogP contribution in [0.3, 0.4) is 0 Å². The van der Waals surface area contributed by atoms with E-state index in [0.29, 0.717) is 0 Å². The smallest absolute Gasteiger partial charge is 0.0681 e. The van der Waals surface area contributed by atoms with Crippen LogP contribution in [0, 0.1) is 6.92 Å². The zero-order chi connectivity index (χ0) is 15.1. The number of nitrogens with zero attached hydrogens (tertiary/aromatic N) is 2. The maximum Gasteiger partial charge on any atom is 0.0681 e. The van der Waals surface area contributed by atoms with Gasteiger partial charge in [-0.3, -0.25) is 4.68 Å². The summed E-state index contributed by atoms with van der Waals surface area (Å²) < 4.78 is 1.96.